The van der Waals surface area contributed by atoms with E-state index in [0.29, 0.717) is 35.1 Å². The van der Waals surface area contributed by atoms with E-state index < -0.39 is 12.2 Å². The van der Waals surface area contributed by atoms with Gasteiger partial charge >= 0.3 is 6.09 Å². The Balaban J connectivity index is 2.54. The van der Waals surface area contributed by atoms with Gasteiger partial charge in [-0.1, -0.05) is 29.3 Å². The van der Waals surface area contributed by atoms with E-state index >= 15 is 0 Å². The molecule has 0 aliphatic carbocycles. The van der Waals surface area contributed by atoms with Crippen LogP contribution in [0.5, 0.6) is 0 Å². The molecule has 0 saturated heterocycles. The summed E-state index contributed by atoms with van der Waals surface area (Å²) >= 11 is 12.1. The fraction of sp³-hybridized carbons (Fsp3) is 0.400. The number of carbonyl (C=O) groups is 1. The van der Waals surface area contributed by atoms with Gasteiger partial charge in [0.2, 0.25) is 0 Å². The van der Waals surface area contributed by atoms with Crippen LogP contribution in [0, 0.1) is 0 Å². The Bertz CT molecular complexity index is 514. The normalized spacial score (nSPS) is 10.2. The average Bonchev–Trinajstić information content (AvgIpc) is 2.46. The smallest absolute Gasteiger partial charge is 0.414 e. The summed E-state index contributed by atoms with van der Waals surface area (Å²) in [5, 5.41) is 0.713. The summed E-state index contributed by atoms with van der Waals surface area (Å²) in [5.41, 5.74) is 0.403. The van der Waals surface area contributed by atoms with Crippen molar-refractivity contribution in [1.82, 2.24) is 0 Å². The molecule has 0 unspecified atom stereocenters. The lowest BCUT2D eigenvalue weighted by Crippen LogP contribution is -2.32. The van der Waals surface area contributed by atoms with Gasteiger partial charge in [-0.2, -0.15) is 8.78 Å². The molecule has 7 heteroatoms. The van der Waals surface area contributed by atoms with Crippen molar-refractivity contribution in [2.45, 2.75) is 26.2 Å². The van der Waals surface area contributed by atoms with Crippen LogP contribution in [0.15, 0.2) is 30.4 Å². The maximum atomic E-state index is 12.1. The van der Waals surface area contributed by atoms with E-state index in [4.69, 9.17) is 27.9 Å². The first-order valence-electron chi connectivity index (χ1n) is 6.86. The molecule has 3 nitrogen and oxygen atoms in total. The Morgan fingerprint density at radius 2 is 1.91 bits per heavy atom. The van der Waals surface area contributed by atoms with Crippen molar-refractivity contribution in [2.24, 2.45) is 0 Å². The Morgan fingerprint density at radius 3 is 2.45 bits per heavy atom. The molecule has 122 valence electrons. The Labute approximate surface area is 138 Å². The number of nitrogens with zero attached hydrogens (tertiary/aromatic N) is 1. The molecular formula is C15H17Cl2F2NO2. The van der Waals surface area contributed by atoms with Crippen LogP contribution < -0.4 is 4.90 Å². The number of unbranched alkanes of at least 4 members (excludes halogenated alkanes) is 2. The minimum absolute atomic E-state index is 0.152. The summed E-state index contributed by atoms with van der Waals surface area (Å²) in [4.78, 5) is 13.4. The van der Waals surface area contributed by atoms with Crippen molar-refractivity contribution < 1.29 is 18.3 Å². The van der Waals surface area contributed by atoms with Crippen LogP contribution in [-0.4, -0.2) is 19.2 Å². The molecule has 0 spiro atoms. The van der Waals surface area contributed by atoms with E-state index in [-0.39, 0.29) is 13.0 Å². The standard InChI is InChI=1S/C15H17Cl2F2NO2/c1-2-20(14-11(16)7-6-8-12(14)17)15(21)22-10-5-3-4-9-13(18)19/h6-9H,2-5,10H2,1H3. The summed E-state index contributed by atoms with van der Waals surface area (Å²) in [7, 11) is 0. The first-order valence-corrected chi connectivity index (χ1v) is 7.62. The van der Waals surface area contributed by atoms with Crippen molar-refractivity contribution in [3.05, 3.63) is 40.4 Å². The lowest BCUT2D eigenvalue weighted by atomic mass is 10.2. The Morgan fingerprint density at radius 1 is 1.27 bits per heavy atom. The predicted molar refractivity (Wildman–Crippen MR) is 85.0 cm³/mol. The topological polar surface area (TPSA) is 29.5 Å². The SMILES string of the molecule is CCN(C(=O)OCCCCC=C(F)F)c1c(Cl)cccc1Cl. The first kappa shape index (κ1) is 18.7. The number of hydrogen-bond acceptors (Lipinski definition) is 2. The van der Waals surface area contributed by atoms with Crippen LogP contribution in [0.2, 0.25) is 10.0 Å². The highest BCUT2D eigenvalue weighted by Crippen LogP contribution is 2.33. The largest absolute Gasteiger partial charge is 0.449 e. The van der Waals surface area contributed by atoms with Gasteiger partial charge in [0.15, 0.2) is 0 Å². The van der Waals surface area contributed by atoms with E-state index in [1.54, 1.807) is 25.1 Å². The van der Waals surface area contributed by atoms with Gasteiger partial charge < -0.3 is 4.74 Å². The highest BCUT2D eigenvalue weighted by atomic mass is 35.5. The zero-order valence-electron chi connectivity index (χ0n) is 12.1. The molecule has 1 rings (SSSR count). The fourth-order valence-electron chi connectivity index (χ4n) is 1.82. The van der Waals surface area contributed by atoms with E-state index in [2.05, 4.69) is 0 Å². The number of ether oxygens (including phenoxy) is 1. The van der Waals surface area contributed by atoms with E-state index in [1.807, 2.05) is 0 Å². The minimum Gasteiger partial charge on any atom is -0.449 e. The number of anilines is 1. The summed E-state index contributed by atoms with van der Waals surface area (Å²) in [6.07, 6.45) is -0.128. The third-order valence-electron chi connectivity index (χ3n) is 2.87. The molecule has 0 atom stereocenters. The molecule has 0 saturated carbocycles. The molecule has 22 heavy (non-hydrogen) atoms. The molecule has 0 aliphatic rings. The fourth-order valence-corrected chi connectivity index (χ4v) is 2.42. The molecule has 0 N–H and O–H groups in total. The van der Waals surface area contributed by atoms with Crippen molar-refractivity contribution in [2.75, 3.05) is 18.1 Å². The van der Waals surface area contributed by atoms with Crippen LogP contribution in [-0.2, 0) is 4.74 Å². The van der Waals surface area contributed by atoms with Gasteiger partial charge in [-0.3, -0.25) is 4.90 Å². The first-order chi connectivity index (χ1) is 10.5. The van der Waals surface area contributed by atoms with Gasteiger partial charge in [0.25, 0.3) is 6.08 Å². The maximum absolute atomic E-state index is 12.1. The number of para-hydroxylation sites is 1. The monoisotopic (exact) mass is 351 g/mol. The van der Waals surface area contributed by atoms with Crippen molar-refractivity contribution in [1.29, 1.82) is 0 Å². The minimum atomic E-state index is -1.69. The van der Waals surface area contributed by atoms with Crippen molar-refractivity contribution in [3.8, 4) is 0 Å². The van der Waals surface area contributed by atoms with Crippen LogP contribution in [0.3, 0.4) is 0 Å². The summed E-state index contributed by atoms with van der Waals surface area (Å²) in [5.74, 6) is 0. The summed E-state index contributed by atoms with van der Waals surface area (Å²) in [6, 6.07) is 4.96. The summed E-state index contributed by atoms with van der Waals surface area (Å²) in [6.45, 7) is 2.27. The van der Waals surface area contributed by atoms with Gasteiger partial charge in [-0.15, -0.1) is 0 Å². The third kappa shape index (κ3) is 5.81. The zero-order chi connectivity index (χ0) is 16.5. The predicted octanol–water partition coefficient (Wildman–Crippen LogP) is 5.91. The van der Waals surface area contributed by atoms with E-state index in [1.165, 1.54) is 4.90 Å². The number of amides is 1. The second kappa shape index (κ2) is 9.64. The maximum Gasteiger partial charge on any atom is 0.414 e. The van der Waals surface area contributed by atoms with Gasteiger partial charge in [0.1, 0.15) is 0 Å². The average molecular weight is 352 g/mol. The number of hydrogen-bond donors (Lipinski definition) is 0. The second-order valence-corrected chi connectivity index (χ2v) is 5.23. The molecule has 0 aromatic heterocycles. The van der Waals surface area contributed by atoms with Gasteiger partial charge in [0, 0.05) is 6.54 Å². The molecule has 1 aromatic rings. The second-order valence-electron chi connectivity index (χ2n) is 4.42. The van der Waals surface area contributed by atoms with E-state index in [9.17, 15) is 13.6 Å². The lowest BCUT2D eigenvalue weighted by Gasteiger charge is -2.22. The highest BCUT2D eigenvalue weighted by Gasteiger charge is 2.20. The van der Waals surface area contributed by atoms with Gasteiger partial charge in [-0.05, 0) is 44.4 Å². The van der Waals surface area contributed by atoms with E-state index in [0.717, 1.165) is 6.08 Å². The Hall–Kier alpha value is -1.33. The van der Waals surface area contributed by atoms with Crippen LogP contribution >= 0.6 is 23.2 Å². The quantitative estimate of drug-likeness (QED) is 0.571. The van der Waals surface area contributed by atoms with Crippen LogP contribution in [0.25, 0.3) is 0 Å². The van der Waals surface area contributed by atoms with Crippen molar-refractivity contribution in [3.63, 3.8) is 0 Å². The van der Waals surface area contributed by atoms with Crippen LogP contribution in [0.4, 0.5) is 19.3 Å². The molecule has 1 amide bonds. The lowest BCUT2D eigenvalue weighted by molar-refractivity contribution is 0.152. The Kier molecular flexibility index (Phi) is 8.20. The van der Waals surface area contributed by atoms with Gasteiger partial charge in [-0.25, -0.2) is 4.79 Å². The molecule has 0 aliphatic heterocycles. The molecule has 0 radical (unpaired) electrons. The molecule has 0 bridgehead atoms. The number of allylic oxidation sites excluding steroid dienone is 1. The zero-order valence-corrected chi connectivity index (χ0v) is 13.6. The third-order valence-corrected chi connectivity index (χ3v) is 3.48. The van der Waals surface area contributed by atoms with Crippen LogP contribution in [0.1, 0.15) is 26.2 Å². The molecule has 0 fully saturated rings. The van der Waals surface area contributed by atoms with Crippen molar-refractivity contribution >= 4 is 35.0 Å². The molecule has 0 heterocycles. The summed E-state index contributed by atoms with van der Waals surface area (Å²) < 4.78 is 28.8. The number of benzene rings is 1. The highest BCUT2D eigenvalue weighted by molar-refractivity contribution is 6.39. The number of rotatable bonds is 7. The molecule has 1 aromatic carbocycles. The number of carbonyl (C=O) groups excluding carboxylic acids is 1. The molecular weight excluding hydrogens is 335 g/mol. The van der Waals surface area contributed by atoms with Gasteiger partial charge in [0.05, 0.1) is 22.3 Å². The number of halogens is 4.